The summed E-state index contributed by atoms with van der Waals surface area (Å²) in [6, 6.07) is 6.08. The molecule has 8 nitrogen and oxygen atoms in total. The number of fused-ring (bicyclic) bond motifs is 1. The normalized spacial score (nSPS) is 24.5. The Bertz CT molecular complexity index is 1570. The van der Waals surface area contributed by atoms with Crippen LogP contribution in [0.5, 0.6) is 0 Å². The van der Waals surface area contributed by atoms with Gasteiger partial charge in [0.1, 0.15) is 5.82 Å². The van der Waals surface area contributed by atoms with Crippen LogP contribution in [0.3, 0.4) is 0 Å². The molecule has 5 heterocycles. The van der Waals surface area contributed by atoms with E-state index in [0.717, 1.165) is 28.9 Å². The SMILES string of the molecule is [2H]C1([2H])OC([2H])([2H])C([2H])([2H])N(c2cc(C(=O)Cc3cc4cc(-c5cncn5C)cnc4cn3)ccn2)C1([2H])[2H]. The molecule has 0 atom stereocenters. The van der Waals surface area contributed by atoms with Crippen molar-refractivity contribution in [3.63, 3.8) is 0 Å². The summed E-state index contributed by atoms with van der Waals surface area (Å²) in [5, 5.41) is 0.751. The van der Waals surface area contributed by atoms with E-state index in [1.165, 1.54) is 6.07 Å². The van der Waals surface area contributed by atoms with Crippen molar-refractivity contribution in [2.75, 3.05) is 31.0 Å². The molecule has 31 heavy (non-hydrogen) atoms. The lowest BCUT2D eigenvalue weighted by Gasteiger charge is -2.27. The van der Waals surface area contributed by atoms with Gasteiger partial charge in [0, 0.05) is 54.6 Å². The van der Waals surface area contributed by atoms with Crippen molar-refractivity contribution in [3.8, 4) is 11.3 Å². The lowest BCUT2D eigenvalue weighted by Crippen LogP contribution is -2.36. The molecule has 1 aliphatic heterocycles. The molecule has 0 saturated carbocycles. The van der Waals surface area contributed by atoms with Gasteiger partial charge in [-0.3, -0.25) is 14.8 Å². The second kappa shape index (κ2) is 8.23. The molecule has 1 saturated heterocycles. The number of rotatable bonds is 5. The highest BCUT2D eigenvalue weighted by atomic mass is 16.5. The standard InChI is InChI=1S/C23H22N6O2/c1-28-15-24-14-21(28)18-8-17-9-19(26-13-20(17)27-12-18)11-22(30)16-2-3-25-23(10-16)29-4-6-31-7-5-29/h2-3,8-10,12-15H,4-7,11H2,1H3/i4D2,5D2,6D2,7D2. The van der Waals surface area contributed by atoms with E-state index in [-0.39, 0.29) is 16.9 Å². The lowest BCUT2D eigenvalue weighted by molar-refractivity contribution is 0.0992. The van der Waals surface area contributed by atoms with E-state index in [2.05, 4.69) is 24.7 Å². The van der Waals surface area contributed by atoms with E-state index in [9.17, 15) is 4.79 Å². The van der Waals surface area contributed by atoms with Gasteiger partial charge in [-0.15, -0.1) is 0 Å². The molecule has 0 aliphatic carbocycles. The Hall–Kier alpha value is -3.65. The number of hydrogen-bond acceptors (Lipinski definition) is 7. The fourth-order valence-corrected chi connectivity index (χ4v) is 3.23. The monoisotopic (exact) mass is 422 g/mol. The first kappa shape index (κ1) is 12.3. The fourth-order valence-electron chi connectivity index (χ4n) is 3.23. The van der Waals surface area contributed by atoms with Crippen LogP contribution in [0.15, 0.2) is 55.4 Å². The third-order valence-corrected chi connectivity index (χ3v) is 4.79. The molecule has 1 aliphatic rings. The maximum atomic E-state index is 13.2. The van der Waals surface area contributed by atoms with Crippen LogP contribution in [0.4, 0.5) is 5.82 Å². The average molecular weight is 423 g/mol. The quantitative estimate of drug-likeness (QED) is 0.457. The van der Waals surface area contributed by atoms with Crippen molar-refractivity contribution in [1.82, 2.24) is 24.5 Å². The zero-order chi connectivity index (χ0) is 28.4. The van der Waals surface area contributed by atoms with Crippen molar-refractivity contribution >= 4 is 22.5 Å². The fraction of sp³-hybridized carbons (Fsp3) is 0.261. The lowest BCUT2D eigenvalue weighted by atomic mass is 10.1. The number of ether oxygens (including phenoxy) is 1. The average Bonchev–Trinajstić information content (AvgIpc) is 3.28. The van der Waals surface area contributed by atoms with Gasteiger partial charge in [-0.25, -0.2) is 9.97 Å². The van der Waals surface area contributed by atoms with Crippen molar-refractivity contribution in [1.29, 1.82) is 0 Å². The molecule has 0 radical (unpaired) electrons. The summed E-state index contributed by atoms with van der Waals surface area (Å²) in [7, 11) is 1.86. The van der Waals surface area contributed by atoms with Gasteiger partial charge in [-0.05, 0) is 24.3 Å². The van der Waals surface area contributed by atoms with E-state index in [4.69, 9.17) is 11.0 Å². The molecular weight excluding hydrogens is 392 g/mol. The molecule has 4 aromatic rings. The number of aryl methyl sites for hydroxylation is 1. The number of morpholine rings is 1. The number of nitrogens with zero attached hydrogens (tertiary/aromatic N) is 6. The van der Waals surface area contributed by atoms with Crippen LogP contribution in [0.2, 0.25) is 0 Å². The van der Waals surface area contributed by atoms with Crippen LogP contribution in [-0.4, -0.2) is 56.4 Å². The van der Waals surface area contributed by atoms with Gasteiger partial charge in [0.05, 0.1) is 60.4 Å². The smallest absolute Gasteiger partial charge is 0.169 e. The van der Waals surface area contributed by atoms with Gasteiger partial charge >= 0.3 is 0 Å². The molecule has 0 spiro atoms. The zero-order valence-electron chi connectivity index (χ0n) is 24.4. The molecule has 8 heteroatoms. The number of carbonyl (C=O) groups excluding carboxylic acids is 1. The van der Waals surface area contributed by atoms with Crippen molar-refractivity contribution in [3.05, 3.63) is 66.6 Å². The first-order valence-electron chi connectivity index (χ1n) is 13.4. The largest absolute Gasteiger partial charge is 0.378 e. The van der Waals surface area contributed by atoms with Gasteiger partial charge in [0.15, 0.2) is 5.78 Å². The van der Waals surface area contributed by atoms with Crippen LogP contribution >= 0.6 is 0 Å². The van der Waals surface area contributed by atoms with Gasteiger partial charge in [-0.1, -0.05) is 0 Å². The highest BCUT2D eigenvalue weighted by Crippen LogP contribution is 2.23. The summed E-state index contributed by atoms with van der Waals surface area (Å²) >= 11 is 0. The molecule has 5 rings (SSSR count). The topological polar surface area (TPSA) is 86.0 Å². The third kappa shape index (κ3) is 4.02. The van der Waals surface area contributed by atoms with E-state index < -0.39 is 37.7 Å². The zero-order valence-corrected chi connectivity index (χ0v) is 16.4. The molecule has 0 amide bonds. The number of imidazole rings is 1. The molecule has 156 valence electrons. The van der Waals surface area contributed by atoms with Gasteiger partial charge in [-0.2, -0.15) is 0 Å². The number of pyridine rings is 3. The van der Waals surface area contributed by atoms with Crippen molar-refractivity contribution < 1.29 is 20.5 Å². The molecule has 1 fully saturated rings. The maximum Gasteiger partial charge on any atom is 0.169 e. The predicted octanol–water partition coefficient (Wildman–Crippen LogP) is 2.69. The number of aromatic nitrogens is 5. The van der Waals surface area contributed by atoms with Crippen LogP contribution in [0, 0.1) is 0 Å². The van der Waals surface area contributed by atoms with E-state index >= 15 is 0 Å². The second-order valence-corrected chi connectivity index (χ2v) is 6.85. The Morgan fingerprint density at radius 3 is 2.81 bits per heavy atom. The van der Waals surface area contributed by atoms with E-state index in [1.807, 2.05) is 17.7 Å². The molecule has 0 aromatic carbocycles. The maximum absolute atomic E-state index is 13.2. The minimum absolute atomic E-state index is 0.0304. The Kier molecular flexibility index (Phi) is 3.26. The summed E-state index contributed by atoms with van der Waals surface area (Å²) in [6.07, 6.45) is 7.63. The molecular formula is C23H22N6O2. The molecule has 0 unspecified atom stereocenters. The van der Waals surface area contributed by atoms with Gasteiger partial charge in [0.2, 0.25) is 0 Å². The summed E-state index contributed by atoms with van der Waals surface area (Å²) in [6.45, 7) is -12.8. The first-order valence-corrected chi connectivity index (χ1v) is 9.35. The Labute approximate surface area is 190 Å². The molecule has 0 bridgehead atoms. The highest BCUT2D eigenvalue weighted by molar-refractivity contribution is 5.98. The third-order valence-electron chi connectivity index (χ3n) is 4.79. The van der Waals surface area contributed by atoms with Gasteiger partial charge in [0.25, 0.3) is 0 Å². The minimum atomic E-state index is -3.23. The van der Waals surface area contributed by atoms with E-state index in [0.29, 0.717) is 11.2 Å². The molecule has 0 N–H and O–H groups in total. The highest BCUT2D eigenvalue weighted by Gasteiger charge is 2.15. The van der Waals surface area contributed by atoms with Crippen molar-refractivity contribution in [2.45, 2.75) is 6.42 Å². The Morgan fingerprint density at radius 1 is 1.13 bits per heavy atom. The second-order valence-electron chi connectivity index (χ2n) is 6.85. The van der Waals surface area contributed by atoms with Crippen LogP contribution in [0.25, 0.3) is 22.2 Å². The number of Topliss-reactive ketones (excluding diaryl/α,β-unsaturated/α-hetero) is 1. The summed E-state index contributed by atoms with van der Waals surface area (Å²) in [5.74, 6) is -0.912. The minimum Gasteiger partial charge on any atom is -0.378 e. The van der Waals surface area contributed by atoms with Crippen LogP contribution in [-0.2, 0) is 18.2 Å². The predicted molar refractivity (Wildman–Crippen MR) is 117 cm³/mol. The number of ketones is 1. The Morgan fingerprint density at radius 2 is 2.00 bits per heavy atom. The molecule has 4 aromatic heterocycles. The Balaban J connectivity index is 1.46. The van der Waals surface area contributed by atoms with Crippen molar-refractivity contribution in [2.24, 2.45) is 7.05 Å². The number of carbonyl (C=O) groups is 1. The number of anilines is 1. The summed E-state index contributed by atoms with van der Waals surface area (Å²) < 4.78 is 70.7. The van der Waals surface area contributed by atoms with Crippen LogP contribution < -0.4 is 4.90 Å². The van der Waals surface area contributed by atoms with Gasteiger partial charge < -0.3 is 14.2 Å². The first-order chi connectivity index (χ1) is 18.1. The van der Waals surface area contributed by atoms with Crippen LogP contribution in [0.1, 0.15) is 27.0 Å². The summed E-state index contributed by atoms with van der Waals surface area (Å²) in [4.78, 5) is 30.2. The number of hydrogen-bond donors (Lipinski definition) is 0. The van der Waals surface area contributed by atoms with E-state index in [1.54, 1.807) is 31.0 Å². The summed E-state index contributed by atoms with van der Waals surface area (Å²) in [5.41, 5.74) is 2.78.